The summed E-state index contributed by atoms with van der Waals surface area (Å²) in [7, 11) is 0. The van der Waals surface area contributed by atoms with Crippen molar-refractivity contribution in [3.05, 3.63) is 65.7 Å². The van der Waals surface area contributed by atoms with Crippen LogP contribution in [0.3, 0.4) is 0 Å². The Balaban J connectivity index is 1.82. The molecule has 0 spiro atoms. The second kappa shape index (κ2) is 8.04. The molecule has 0 radical (unpaired) electrons. The van der Waals surface area contributed by atoms with Crippen LogP contribution in [0.2, 0.25) is 0 Å². The van der Waals surface area contributed by atoms with E-state index >= 15 is 0 Å². The smallest absolute Gasteiger partial charge is 0.233 e. The van der Waals surface area contributed by atoms with Gasteiger partial charge in [0.05, 0.1) is 5.25 Å². The summed E-state index contributed by atoms with van der Waals surface area (Å²) in [6, 6.07) is 18.5. The third kappa shape index (κ3) is 4.92. The first-order valence-electron chi connectivity index (χ1n) is 7.62. The van der Waals surface area contributed by atoms with Gasteiger partial charge in [-0.25, -0.2) is 0 Å². The van der Waals surface area contributed by atoms with E-state index in [2.05, 4.69) is 55.6 Å². The molecule has 2 nitrogen and oxygen atoms in total. The number of carbonyl (C=O) groups excluding carboxylic acids is 1. The minimum atomic E-state index is -0.0920. The van der Waals surface area contributed by atoms with E-state index in [1.54, 1.807) is 11.8 Å². The Morgan fingerprint density at radius 3 is 2.32 bits per heavy atom. The van der Waals surface area contributed by atoms with E-state index in [4.69, 9.17) is 0 Å². The van der Waals surface area contributed by atoms with Crippen molar-refractivity contribution in [1.82, 2.24) is 5.32 Å². The third-order valence-electron chi connectivity index (χ3n) is 3.65. The number of aryl methyl sites for hydroxylation is 1. The average molecular weight is 313 g/mol. The molecule has 2 aromatic rings. The van der Waals surface area contributed by atoms with Crippen molar-refractivity contribution in [2.75, 3.05) is 6.54 Å². The lowest BCUT2D eigenvalue weighted by Crippen LogP contribution is -2.33. The molecule has 0 saturated carbocycles. The molecule has 0 aliphatic carbocycles. The van der Waals surface area contributed by atoms with Crippen molar-refractivity contribution < 1.29 is 4.79 Å². The second-order valence-electron chi connectivity index (χ2n) is 5.63. The molecular weight excluding hydrogens is 290 g/mol. The molecule has 0 saturated heterocycles. The summed E-state index contributed by atoms with van der Waals surface area (Å²) in [4.78, 5) is 13.3. The van der Waals surface area contributed by atoms with Crippen LogP contribution in [-0.2, 0) is 4.79 Å². The fourth-order valence-electron chi connectivity index (χ4n) is 2.17. The Morgan fingerprint density at radius 1 is 1.05 bits per heavy atom. The number of amides is 1. The molecule has 0 aromatic heterocycles. The van der Waals surface area contributed by atoms with E-state index in [1.807, 2.05) is 25.1 Å². The molecule has 0 unspecified atom stereocenters. The molecule has 2 atom stereocenters. The fourth-order valence-corrected chi connectivity index (χ4v) is 3.06. The van der Waals surface area contributed by atoms with E-state index in [9.17, 15) is 4.79 Å². The van der Waals surface area contributed by atoms with Crippen molar-refractivity contribution in [3.8, 4) is 0 Å². The van der Waals surface area contributed by atoms with Crippen LogP contribution in [0.4, 0.5) is 0 Å². The summed E-state index contributed by atoms with van der Waals surface area (Å²) in [6.45, 7) is 6.82. The highest BCUT2D eigenvalue weighted by Crippen LogP contribution is 2.23. The number of rotatable bonds is 6. The summed E-state index contributed by atoms with van der Waals surface area (Å²) < 4.78 is 0. The lowest BCUT2D eigenvalue weighted by molar-refractivity contribution is -0.120. The maximum Gasteiger partial charge on any atom is 0.233 e. The second-order valence-corrected chi connectivity index (χ2v) is 7.04. The van der Waals surface area contributed by atoms with Crippen molar-refractivity contribution in [3.63, 3.8) is 0 Å². The summed E-state index contributed by atoms with van der Waals surface area (Å²) in [5.41, 5.74) is 2.49. The lowest BCUT2D eigenvalue weighted by Gasteiger charge is -2.16. The molecule has 2 rings (SSSR count). The SMILES string of the molecule is Cc1ccc(S[C@@H](C)C(=O)NC[C@H](C)c2ccccc2)cc1. The van der Waals surface area contributed by atoms with E-state index in [-0.39, 0.29) is 11.2 Å². The normalized spacial score (nSPS) is 13.4. The predicted molar refractivity (Wildman–Crippen MR) is 94.4 cm³/mol. The Hall–Kier alpha value is -1.74. The molecule has 1 N–H and O–H groups in total. The minimum absolute atomic E-state index is 0.0911. The largest absolute Gasteiger partial charge is 0.355 e. The topological polar surface area (TPSA) is 29.1 Å². The zero-order valence-corrected chi connectivity index (χ0v) is 14.2. The Labute approximate surface area is 137 Å². The molecule has 2 aromatic carbocycles. The van der Waals surface area contributed by atoms with Crippen LogP contribution in [0, 0.1) is 6.92 Å². The highest BCUT2D eigenvalue weighted by Gasteiger charge is 2.15. The van der Waals surface area contributed by atoms with Gasteiger partial charge in [-0.15, -0.1) is 11.8 Å². The number of hydrogen-bond acceptors (Lipinski definition) is 2. The van der Waals surface area contributed by atoms with Gasteiger partial charge >= 0.3 is 0 Å². The van der Waals surface area contributed by atoms with Gasteiger partial charge in [0.15, 0.2) is 0 Å². The average Bonchev–Trinajstić information content (AvgIpc) is 2.55. The van der Waals surface area contributed by atoms with E-state index in [0.717, 1.165) is 4.90 Å². The zero-order valence-electron chi connectivity index (χ0n) is 13.4. The van der Waals surface area contributed by atoms with Gasteiger partial charge in [-0.2, -0.15) is 0 Å². The molecule has 1 amide bonds. The maximum atomic E-state index is 12.2. The first-order chi connectivity index (χ1) is 10.6. The number of hydrogen-bond donors (Lipinski definition) is 1. The zero-order chi connectivity index (χ0) is 15.9. The molecule has 0 heterocycles. The van der Waals surface area contributed by atoms with Crippen LogP contribution in [0.1, 0.15) is 30.9 Å². The number of benzene rings is 2. The Morgan fingerprint density at radius 2 is 1.68 bits per heavy atom. The van der Waals surface area contributed by atoms with Crippen LogP contribution in [0.5, 0.6) is 0 Å². The van der Waals surface area contributed by atoms with Crippen LogP contribution < -0.4 is 5.32 Å². The van der Waals surface area contributed by atoms with Gasteiger partial charge in [0.2, 0.25) is 5.91 Å². The maximum absolute atomic E-state index is 12.2. The molecule has 0 fully saturated rings. The van der Waals surface area contributed by atoms with Gasteiger partial charge in [-0.3, -0.25) is 4.79 Å². The van der Waals surface area contributed by atoms with Crippen LogP contribution in [0.15, 0.2) is 59.5 Å². The van der Waals surface area contributed by atoms with Gasteiger partial charge in [0, 0.05) is 11.4 Å². The molecule has 0 bridgehead atoms. The Kier molecular flexibility index (Phi) is 6.08. The monoisotopic (exact) mass is 313 g/mol. The fraction of sp³-hybridized carbons (Fsp3) is 0.316. The molecule has 22 heavy (non-hydrogen) atoms. The van der Waals surface area contributed by atoms with Crippen LogP contribution in [-0.4, -0.2) is 17.7 Å². The number of thioether (sulfide) groups is 1. The predicted octanol–water partition coefficient (Wildman–Crippen LogP) is 4.40. The van der Waals surface area contributed by atoms with Gasteiger partial charge in [-0.05, 0) is 37.5 Å². The van der Waals surface area contributed by atoms with Crippen molar-refractivity contribution in [2.24, 2.45) is 0 Å². The van der Waals surface area contributed by atoms with Gasteiger partial charge in [0.1, 0.15) is 0 Å². The minimum Gasteiger partial charge on any atom is -0.355 e. The van der Waals surface area contributed by atoms with Crippen molar-refractivity contribution in [2.45, 2.75) is 36.8 Å². The number of carbonyl (C=O) groups is 1. The van der Waals surface area contributed by atoms with E-state index in [1.165, 1.54) is 11.1 Å². The van der Waals surface area contributed by atoms with E-state index < -0.39 is 0 Å². The highest BCUT2D eigenvalue weighted by atomic mass is 32.2. The summed E-state index contributed by atoms with van der Waals surface area (Å²) in [5.74, 6) is 0.412. The summed E-state index contributed by atoms with van der Waals surface area (Å²) >= 11 is 1.60. The molecular formula is C19H23NOS. The van der Waals surface area contributed by atoms with Crippen molar-refractivity contribution >= 4 is 17.7 Å². The van der Waals surface area contributed by atoms with Gasteiger partial charge in [0.25, 0.3) is 0 Å². The van der Waals surface area contributed by atoms with Gasteiger partial charge in [-0.1, -0.05) is 55.0 Å². The highest BCUT2D eigenvalue weighted by molar-refractivity contribution is 8.00. The van der Waals surface area contributed by atoms with Gasteiger partial charge < -0.3 is 5.32 Å². The molecule has 3 heteroatoms. The number of nitrogens with one attached hydrogen (secondary N) is 1. The molecule has 116 valence electrons. The van der Waals surface area contributed by atoms with Crippen molar-refractivity contribution in [1.29, 1.82) is 0 Å². The molecule has 0 aliphatic heterocycles. The quantitative estimate of drug-likeness (QED) is 0.801. The van der Waals surface area contributed by atoms with Crippen LogP contribution in [0.25, 0.3) is 0 Å². The summed E-state index contributed by atoms with van der Waals surface area (Å²) in [6.07, 6.45) is 0. The first-order valence-corrected chi connectivity index (χ1v) is 8.50. The van der Waals surface area contributed by atoms with Crippen LogP contribution >= 0.6 is 11.8 Å². The Bertz CT molecular complexity index is 595. The first kappa shape index (κ1) is 16.6. The van der Waals surface area contributed by atoms with E-state index in [0.29, 0.717) is 12.5 Å². The standard InChI is InChI=1S/C19H23NOS/c1-14-9-11-18(12-10-14)22-16(3)19(21)20-13-15(2)17-7-5-4-6-8-17/h4-12,15-16H,13H2,1-3H3,(H,20,21)/t15-,16-/m0/s1. The third-order valence-corrected chi connectivity index (χ3v) is 4.77. The molecule has 0 aliphatic rings. The lowest BCUT2D eigenvalue weighted by atomic mass is 10.0. The summed E-state index contributed by atoms with van der Waals surface area (Å²) in [5, 5.41) is 2.96.